The van der Waals surface area contributed by atoms with Crippen molar-refractivity contribution in [1.82, 2.24) is 5.32 Å². The Bertz CT molecular complexity index is 443. The molecule has 0 atom stereocenters. The van der Waals surface area contributed by atoms with E-state index in [0.29, 0.717) is 11.4 Å². The lowest BCUT2D eigenvalue weighted by molar-refractivity contribution is -0.123. The lowest BCUT2D eigenvalue weighted by atomic mass is 10.2. The Morgan fingerprint density at radius 1 is 1.00 bits per heavy atom. The highest BCUT2D eigenvalue weighted by Crippen LogP contribution is 2.17. The summed E-state index contributed by atoms with van der Waals surface area (Å²) >= 11 is 0. The molecule has 4 N–H and O–H groups in total. The summed E-state index contributed by atoms with van der Waals surface area (Å²) in [6.07, 6.45) is 0. The number of nitrogen functional groups attached to an aromatic ring is 1. The summed E-state index contributed by atoms with van der Waals surface area (Å²) in [5.41, 5.74) is 6.93. The van der Waals surface area contributed by atoms with Gasteiger partial charge in [0.2, 0.25) is 11.8 Å². The molecule has 0 saturated heterocycles. The second-order valence-corrected chi connectivity index (χ2v) is 5.00. The summed E-state index contributed by atoms with van der Waals surface area (Å²) in [4.78, 5) is 21.7. The number of nitrogens with two attached hydrogens (primary N) is 1. The largest absolute Gasteiger partial charge is 0.397 e. The van der Waals surface area contributed by atoms with Crippen LogP contribution in [0.5, 0.6) is 0 Å². The van der Waals surface area contributed by atoms with Gasteiger partial charge in [-0.15, -0.1) is 0 Å². The fourth-order valence-electron chi connectivity index (χ4n) is 1.18. The maximum Gasteiger partial charge on any atom is 0.226 e. The molecule has 0 aliphatic carbocycles. The van der Waals surface area contributed by atoms with Crippen LogP contribution in [0.25, 0.3) is 0 Å². The van der Waals surface area contributed by atoms with E-state index in [1.807, 2.05) is 39.8 Å². The van der Waals surface area contributed by atoms with Gasteiger partial charge >= 0.3 is 0 Å². The van der Waals surface area contributed by atoms with Crippen molar-refractivity contribution in [3.63, 3.8) is 0 Å². The minimum absolute atomic E-state index is 0. The predicted octanol–water partition coefficient (Wildman–Crippen LogP) is 2.89. The van der Waals surface area contributed by atoms with Crippen LogP contribution >= 0.6 is 0 Å². The van der Waals surface area contributed by atoms with Crippen LogP contribution in [-0.2, 0) is 9.59 Å². The van der Waals surface area contributed by atoms with Crippen LogP contribution in [-0.4, -0.2) is 18.9 Å². The monoisotopic (exact) mass is 295 g/mol. The van der Waals surface area contributed by atoms with E-state index in [2.05, 4.69) is 10.6 Å². The van der Waals surface area contributed by atoms with Gasteiger partial charge in [-0.2, -0.15) is 0 Å². The van der Waals surface area contributed by atoms with Gasteiger partial charge in [0.05, 0.1) is 11.4 Å². The average molecular weight is 295 g/mol. The molecule has 0 heterocycles. The van der Waals surface area contributed by atoms with Crippen LogP contribution in [0.15, 0.2) is 24.3 Å². The van der Waals surface area contributed by atoms with Crippen molar-refractivity contribution in [2.75, 3.05) is 18.1 Å². The van der Waals surface area contributed by atoms with Gasteiger partial charge in [-0.3, -0.25) is 9.59 Å². The first-order chi connectivity index (χ1) is 9.29. The molecule has 5 heteroatoms. The van der Waals surface area contributed by atoms with E-state index in [1.54, 1.807) is 19.2 Å². The minimum atomic E-state index is -0.0281. The van der Waals surface area contributed by atoms with Gasteiger partial charge in [0.15, 0.2) is 0 Å². The van der Waals surface area contributed by atoms with E-state index in [0.717, 1.165) is 0 Å². The Hall–Kier alpha value is -2.04. The minimum Gasteiger partial charge on any atom is -0.397 e. The Morgan fingerprint density at radius 3 is 1.81 bits per heavy atom. The highest BCUT2D eigenvalue weighted by Gasteiger charge is 2.07. The first-order valence-corrected chi connectivity index (χ1v) is 6.66. The number of carbonyl (C=O) groups excluding carboxylic acids is 2. The number of benzene rings is 1. The molecule has 120 valence electrons. The third-order valence-corrected chi connectivity index (χ3v) is 2.51. The highest BCUT2D eigenvalue weighted by atomic mass is 16.2. The molecule has 0 radical (unpaired) electrons. The molecule has 1 aromatic carbocycles. The summed E-state index contributed by atoms with van der Waals surface area (Å²) in [7, 11) is 1.64. The van der Waals surface area contributed by atoms with Crippen LogP contribution in [0.4, 0.5) is 11.4 Å². The molecule has 5 nitrogen and oxygen atoms in total. The van der Waals surface area contributed by atoms with Crippen molar-refractivity contribution >= 4 is 23.2 Å². The van der Waals surface area contributed by atoms with E-state index in [-0.39, 0.29) is 31.1 Å². The zero-order valence-electron chi connectivity index (χ0n) is 12.9. The van der Waals surface area contributed by atoms with E-state index < -0.39 is 0 Å². The van der Waals surface area contributed by atoms with Gasteiger partial charge in [0.1, 0.15) is 0 Å². The van der Waals surface area contributed by atoms with Crippen LogP contribution in [0.2, 0.25) is 0 Å². The second-order valence-electron chi connectivity index (χ2n) is 5.00. The Morgan fingerprint density at radius 2 is 1.48 bits per heavy atom. The number of para-hydroxylation sites is 2. The van der Waals surface area contributed by atoms with Crippen molar-refractivity contribution in [2.24, 2.45) is 11.8 Å². The van der Waals surface area contributed by atoms with Gasteiger partial charge in [0.25, 0.3) is 0 Å². The Kier molecular flexibility index (Phi) is 10.8. The maximum atomic E-state index is 11.3. The summed E-state index contributed by atoms with van der Waals surface area (Å²) in [5.74, 6) is 0.169. The number of amides is 2. The smallest absolute Gasteiger partial charge is 0.226 e. The summed E-state index contributed by atoms with van der Waals surface area (Å²) < 4.78 is 0. The summed E-state index contributed by atoms with van der Waals surface area (Å²) in [5, 5.41) is 5.27. The zero-order valence-corrected chi connectivity index (χ0v) is 12.9. The number of carbonyl (C=O) groups is 2. The third kappa shape index (κ3) is 8.68. The number of hydrogen-bond donors (Lipinski definition) is 3. The van der Waals surface area contributed by atoms with E-state index >= 15 is 0 Å². The molecule has 0 aliphatic heterocycles. The number of rotatable bonds is 3. The van der Waals surface area contributed by atoms with E-state index in [9.17, 15) is 9.59 Å². The van der Waals surface area contributed by atoms with Gasteiger partial charge in [-0.1, -0.05) is 47.3 Å². The SMILES string of the molecule is C.CC(C)C(=O)Nc1ccccc1N.CNC(=O)C(C)C. The zero-order chi connectivity index (χ0) is 15.7. The van der Waals surface area contributed by atoms with Crippen molar-refractivity contribution < 1.29 is 9.59 Å². The molecule has 21 heavy (non-hydrogen) atoms. The molecule has 0 aromatic heterocycles. The number of anilines is 2. The summed E-state index contributed by atoms with van der Waals surface area (Å²) in [6, 6.07) is 7.22. The number of hydrogen-bond acceptors (Lipinski definition) is 3. The molecule has 0 bridgehead atoms. The molecule has 0 saturated carbocycles. The fraction of sp³-hybridized carbons (Fsp3) is 0.500. The number of nitrogens with one attached hydrogen (secondary N) is 2. The molecule has 0 spiro atoms. The first-order valence-electron chi connectivity index (χ1n) is 6.66. The average Bonchev–Trinajstić information content (AvgIpc) is 2.40. The predicted molar refractivity (Wildman–Crippen MR) is 90.0 cm³/mol. The molecule has 0 unspecified atom stereocenters. The van der Waals surface area contributed by atoms with Crippen molar-refractivity contribution in [1.29, 1.82) is 0 Å². The first kappa shape index (κ1) is 21.3. The molecular formula is C16H29N3O2. The molecule has 1 aromatic rings. The van der Waals surface area contributed by atoms with Gasteiger partial charge in [0, 0.05) is 18.9 Å². The van der Waals surface area contributed by atoms with Crippen LogP contribution < -0.4 is 16.4 Å². The van der Waals surface area contributed by atoms with Crippen molar-refractivity contribution in [3.8, 4) is 0 Å². The summed E-state index contributed by atoms with van der Waals surface area (Å²) in [6.45, 7) is 7.40. The van der Waals surface area contributed by atoms with Gasteiger partial charge < -0.3 is 16.4 Å². The Balaban J connectivity index is 0. The van der Waals surface area contributed by atoms with Crippen molar-refractivity contribution in [2.45, 2.75) is 35.1 Å². The molecule has 2 amide bonds. The lowest BCUT2D eigenvalue weighted by Gasteiger charge is -2.09. The Labute approximate surface area is 128 Å². The fourth-order valence-corrected chi connectivity index (χ4v) is 1.18. The van der Waals surface area contributed by atoms with E-state index in [1.165, 1.54) is 0 Å². The topological polar surface area (TPSA) is 84.2 Å². The van der Waals surface area contributed by atoms with Gasteiger partial charge in [-0.25, -0.2) is 0 Å². The van der Waals surface area contributed by atoms with Gasteiger partial charge in [-0.05, 0) is 12.1 Å². The van der Waals surface area contributed by atoms with Crippen molar-refractivity contribution in [3.05, 3.63) is 24.3 Å². The van der Waals surface area contributed by atoms with Crippen LogP contribution in [0.1, 0.15) is 35.1 Å². The van der Waals surface area contributed by atoms with E-state index in [4.69, 9.17) is 5.73 Å². The lowest BCUT2D eigenvalue weighted by Crippen LogP contribution is -2.22. The third-order valence-electron chi connectivity index (χ3n) is 2.51. The molecule has 0 aliphatic rings. The standard InChI is InChI=1S/C10H14N2O.C5H11NO.CH4/c1-7(2)10(13)12-9-6-4-3-5-8(9)11;1-4(2)5(7)6-3;/h3-7H,11H2,1-2H3,(H,12,13);4H,1-3H3,(H,6,7);1H4. The van der Waals surface area contributed by atoms with Crippen LogP contribution in [0, 0.1) is 11.8 Å². The molecule has 0 fully saturated rings. The highest BCUT2D eigenvalue weighted by molar-refractivity contribution is 5.94. The molecular weight excluding hydrogens is 266 g/mol. The second kappa shape index (κ2) is 10.7. The molecule has 1 rings (SSSR count). The maximum absolute atomic E-state index is 11.3. The quantitative estimate of drug-likeness (QED) is 0.750. The normalized spacial score (nSPS) is 9.29. The van der Waals surface area contributed by atoms with Crippen LogP contribution in [0.3, 0.4) is 0 Å².